The van der Waals surface area contributed by atoms with Crippen LogP contribution in [0.1, 0.15) is 15.9 Å². The van der Waals surface area contributed by atoms with E-state index in [1.165, 1.54) is 7.11 Å². The minimum atomic E-state index is -1.00. The number of carboxylic acid groups (broad SMARTS) is 1. The first-order chi connectivity index (χ1) is 10.2. The molecule has 0 aliphatic heterocycles. The van der Waals surface area contributed by atoms with Crippen LogP contribution in [-0.4, -0.2) is 32.7 Å². The first kappa shape index (κ1) is 13.1. The SMILES string of the molecule is COc1cc(Cn2cnc3ncccc32)ccc1C(=O)O. The molecule has 0 aliphatic rings. The number of pyridine rings is 1. The Kier molecular flexibility index (Phi) is 3.27. The van der Waals surface area contributed by atoms with Crippen LogP contribution in [0.25, 0.3) is 11.2 Å². The third-order valence-electron chi connectivity index (χ3n) is 3.24. The van der Waals surface area contributed by atoms with Gasteiger partial charge in [-0.2, -0.15) is 0 Å². The molecule has 2 heterocycles. The van der Waals surface area contributed by atoms with Crippen LogP contribution >= 0.6 is 0 Å². The first-order valence-corrected chi connectivity index (χ1v) is 6.35. The first-order valence-electron chi connectivity index (χ1n) is 6.35. The normalized spacial score (nSPS) is 10.7. The topological polar surface area (TPSA) is 77.2 Å². The van der Waals surface area contributed by atoms with Gasteiger partial charge in [0, 0.05) is 12.7 Å². The Bertz CT molecular complexity index is 811. The summed E-state index contributed by atoms with van der Waals surface area (Å²) in [5, 5.41) is 9.08. The zero-order chi connectivity index (χ0) is 14.8. The van der Waals surface area contributed by atoms with Gasteiger partial charge in [-0.1, -0.05) is 6.07 Å². The van der Waals surface area contributed by atoms with Crippen LogP contribution < -0.4 is 4.74 Å². The zero-order valence-corrected chi connectivity index (χ0v) is 11.4. The largest absolute Gasteiger partial charge is 0.496 e. The highest BCUT2D eigenvalue weighted by atomic mass is 16.5. The lowest BCUT2D eigenvalue weighted by molar-refractivity contribution is 0.0693. The molecule has 0 saturated heterocycles. The maximum Gasteiger partial charge on any atom is 0.339 e. The maximum atomic E-state index is 11.1. The Morgan fingerprint density at radius 1 is 1.33 bits per heavy atom. The van der Waals surface area contributed by atoms with E-state index in [-0.39, 0.29) is 5.56 Å². The number of methoxy groups -OCH3 is 1. The van der Waals surface area contributed by atoms with Gasteiger partial charge in [-0.15, -0.1) is 0 Å². The molecule has 0 amide bonds. The summed E-state index contributed by atoms with van der Waals surface area (Å²) in [5.41, 5.74) is 2.70. The molecule has 21 heavy (non-hydrogen) atoms. The van der Waals surface area contributed by atoms with Crippen LogP contribution in [0.2, 0.25) is 0 Å². The molecule has 0 radical (unpaired) electrons. The second-order valence-electron chi connectivity index (χ2n) is 4.56. The molecule has 3 rings (SSSR count). The molecule has 2 aromatic heterocycles. The second-order valence-corrected chi connectivity index (χ2v) is 4.56. The van der Waals surface area contributed by atoms with Crippen LogP contribution in [0.5, 0.6) is 5.75 Å². The van der Waals surface area contributed by atoms with Gasteiger partial charge in [-0.25, -0.2) is 14.8 Å². The van der Waals surface area contributed by atoms with E-state index in [0.29, 0.717) is 17.9 Å². The number of aromatic carboxylic acids is 1. The minimum Gasteiger partial charge on any atom is -0.496 e. The maximum absolute atomic E-state index is 11.1. The number of benzene rings is 1. The van der Waals surface area contributed by atoms with Crippen LogP contribution in [0.3, 0.4) is 0 Å². The molecule has 1 N–H and O–H groups in total. The molecule has 106 valence electrons. The van der Waals surface area contributed by atoms with E-state index in [4.69, 9.17) is 9.84 Å². The van der Waals surface area contributed by atoms with Crippen molar-refractivity contribution in [2.24, 2.45) is 0 Å². The van der Waals surface area contributed by atoms with E-state index in [0.717, 1.165) is 11.1 Å². The summed E-state index contributed by atoms with van der Waals surface area (Å²) >= 11 is 0. The van der Waals surface area contributed by atoms with Crippen molar-refractivity contribution >= 4 is 17.1 Å². The molecular formula is C15H13N3O3. The Balaban J connectivity index is 1.96. The molecule has 1 aromatic carbocycles. The summed E-state index contributed by atoms with van der Waals surface area (Å²) in [7, 11) is 1.46. The average Bonchev–Trinajstić information content (AvgIpc) is 2.90. The fraction of sp³-hybridized carbons (Fsp3) is 0.133. The zero-order valence-electron chi connectivity index (χ0n) is 11.4. The van der Waals surface area contributed by atoms with Gasteiger partial charge in [0.25, 0.3) is 0 Å². The molecule has 0 bridgehead atoms. The van der Waals surface area contributed by atoms with Crippen LogP contribution in [-0.2, 0) is 6.54 Å². The van der Waals surface area contributed by atoms with Crippen molar-refractivity contribution in [1.29, 1.82) is 0 Å². The van der Waals surface area contributed by atoms with Gasteiger partial charge in [0.2, 0.25) is 0 Å². The highest BCUT2D eigenvalue weighted by Crippen LogP contribution is 2.21. The third kappa shape index (κ3) is 2.43. The van der Waals surface area contributed by atoms with Gasteiger partial charge in [-0.05, 0) is 29.8 Å². The van der Waals surface area contributed by atoms with Crippen molar-refractivity contribution in [3.8, 4) is 5.75 Å². The van der Waals surface area contributed by atoms with E-state index >= 15 is 0 Å². The Morgan fingerprint density at radius 2 is 2.19 bits per heavy atom. The lowest BCUT2D eigenvalue weighted by Crippen LogP contribution is -2.03. The van der Waals surface area contributed by atoms with Crippen molar-refractivity contribution < 1.29 is 14.6 Å². The van der Waals surface area contributed by atoms with Crippen molar-refractivity contribution in [3.05, 3.63) is 54.0 Å². The summed E-state index contributed by atoms with van der Waals surface area (Å²) in [6.45, 7) is 0.568. The van der Waals surface area contributed by atoms with Crippen molar-refractivity contribution in [3.63, 3.8) is 0 Å². The molecule has 0 fully saturated rings. The van der Waals surface area contributed by atoms with Gasteiger partial charge in [0.1, 0.15) is 11.3 Å². The van der Waals surface area contributed by atoms with E-state index in [2.05, 4.69) is 9.97 Å². The van der Waals surface area contributed by atoms with Crippen molar-refractivity contribution in [2.75, 3.05) is 7.11 Å². The fourth-order valence-corrected chi connectivity index (χ4v) is 2.23. The van der Waals surface area contributed by atoms with Crippen LogP contribution in [0, 0.1) is 0 Å². The predicted octanol–water partition coefficient (Wildman–Crippen LogP) is 2.19. The van der Waals surface area contributed by atoms with Gasteiger partial charge in [0.15, 0.2) is 5.65 Å². The lowest BCUT2D eigenvalue weighted by Gasteiger charge is -2.09. The Hall–Kier alpha value is -2.89. The molecule has 0 spiro atoms. The number of carbonyl (C=O) groups is 1. The average molecular weight is 283 g/mol. The number of hydrogen-bond acceptors (Lipinski definition) is 4. The highest BCUT2D eigenvalue weighted by molar-refractivity contribution is 5.91. The molecule has 3 aromatic rings. The molecule has 6 nitrogen and oxygen atoms in total. The number of carboxylic acids is 1. The van der Waals surface area contributed by atoms with E-state index in [9.17, 15) is 4.79 Å². The summed E-state index contributed by atoms with van der Waals surface area (Å²) < 4.78 is 7.09. The number of nitrogens with zero attached hydrogens (tertiary/aromatic N) is 3. The van der Waals surface area contributed by atoms with E-state index in [1.54, 1.807) is 30.7 Å². The van der Waals surface area contributed by atoms with Gasteiger partial charge in [-0.3, -0.25) is 0 Å². The van der Waals surface area contributed by atoms with Gasteiger partial charge >= 0.3 is 5.97 Å². The number of aromatic nitrogens is 3. The lowest BCUT2D eigenvalue weighted by atomic mass is 10.1. The van der Waals surface area contributed by atoms with Crippen LogP contribution in [0.15, 0.2) is 42.9 Å². The third-order valence-corrected chi connectivity index (χ3v) is 3.24. The fourth-order valence-electron chi connectivity index (χ4n) is 2.23. The summed E-state index contributed by atoms with van der Waals surface area (Å²) in [5.74, 6) is -0.654. The number of rotatable bonds is 4. The van der Waals surface area contributed by atoms with Crippen LogP contribution in [0.4, 0.5) is 0 Å². The molecule has 6 heteroatoms. The predicted molar refractivity (Wildman–Crippen MR) is 76.6 cm³/mol. The number of fused-ring (bicyclic) bond motifs is 1. The smallest absolute Gasteiger partial charge is 0.339 e. The number of hydrogen-bond donors (Lipinski definition) is 1. The molecule has 0 atom stereocenters. The molecular weight excluding hydrogens is 270 g/mol. The monoisotopic (exact) mass is 283 g/mol. The Labute approximate surface area is 120 Å². The molecule has 0 saturated carbocycles. The molecule has 0 aliphatic carbocycles. The summed E-state index contributed by atoms with van der Waals surface area (Å²) in [4.78, 5) is 19.5. The van der Waals surface area contributed by atoms with Crippen molar-refractivity contribution in [2.45, 2.75) is 6.54 Å². The van der Waals surface area contributed by atoms with E-state index in [1.807, 2.05) is 16.7 Å². The van der Waals surface area contributed by atoms with Gasteiger partial charge in [0.05, 0.1) is 19.0 Å². The highest BCUT2D eigenvalue weighted by Gasteiger charge is 2.12. The Morgan fingerprint density at radius 3 is 2.95 bits per heavy atom. The summed E-state index contributed by atoms with van der Waals surface area (Å²) in [6.07, 6.45) is 3.42. The number of imidazole rings is 1. The van der Waals surface area contributed by atoms with E-state index < -0.39 is 5.97 Å². The van der Waals surface area contributed by atoms with Gasteiger partial charge < -0.3 is 14.4 Å². The standard InChI is InChI=1S/C15H13N3O3/c1-21-13-7-10(4-5-11(13)15(19)20)8-18-9-17-14-12(18)3-2-6-16-14/h2-7,9H,8H2,1H3,(H,19,20). The summed E-state index contributed by atoms with van der Waals surface area (Å²) in [6, 6.07) is 8.85. The quantitative estimate of drug-likeness (QED) is 0.794. The minimum absolute atomic E-state index is 0.151. The second kappa shape index (κ2) is 5.24. The molecule has 0 unspecified atom stereocenters. The number of ether oxygens (including phenoxy) is 1. The van der Waals surface area contributed by atoms with Crippen molar-refractivity contribution in [1.82, 2.24) is 14.5 Å².